The Labute approximate surface area is 149 Å². The minimum absolute atomic E-state index is 0.0888. The van der Waals surface area contributed by atoms with Crippen LogP contribution in [0.25, 0.3) is 0 Å². The molecule has 3 rings (SSSR count). The number of hydrogen-bond acceptors (Lipinski definition) is 3. The minimum atomic E-state index is -0.619. The monoisotopic (exact) mass is 344 g/mol. The molecule has 0 aromatic heterocycles. The molecule has 136 valence electrons. The summed E-state index contributed by atoms with van der Waals surface area (Å²) < 4.78 is 6.13. The first-order valence-corrected chi connectivity index (χ1v) is 9.40. The molecule has 1 aromatic rings. The number of carbonyl (C=O) groups is 2. The second kappa shape index (κ2) is 7.56. The molecule has 1 saturated heterocycles. The van der Waals surface area contributed by atoms with Gasteiger partial charge >= 0.3 is 0 Å². The predicted molar refractivity (Wildman–Crippen MR) is 96.2 cm³/mol. The van der Waals surface area contributed by atoms with E-state index in [4.69, 9.17) is 4.74 Å². The van der Waals surface area contributed by atoms with Crippen molar-refractivity contribution in [2.45, 2.75) is 64.1 Å². The average molecular weight is 344 g/mol. The summed E-state index contributed by atoms with van der Waals surface area (Å²) in [5.74, 6) is -0.194. The fourth-order valence-electron chi connectivity index (χ4n) is 3.98. The van der Waals surface area contributed by atoms with Gasteiger partial charge in [0.1, 0.15) is 11.8 Å². The maximum absolute atomic E-state index is 13.4. The van der Waals surface area contributed by atoms with E-state index in [0.717, 1.165) is 44.1 Å². The zero-order valence-corrected chi connectivity index (χ0v) is 15.2. The molecular formula is C20H28N2O3. The van der Waals surface area contributed by atoms with Crippen molar-refractivity contribution in [2.75, 3.05) is 13.2 Å². The maximum atomic E-state index is 13.4. The van der Waals surface area contributed by atoms with Gasteiger partial charge < -0.3 is 10.1 Å². The number of nitrogens with zero attached hydrogens (tertiary/aromatic N) is 1. The number of benzene rings is 1. The van der Waals surface area contributed by atoms with Crippen LogP contribution in [0.1, 0.15) is 61.4 Å². The number of aryl methyl sites for hydroxylation is 1. The van der Waals surface area contributed by atoms with E-state index in [-0.39, 0.29) is 18.4 Å². The first-order valence-electron chi connectivity index (χ1n) is 9.40. The van der Waals surface area contributed by atoms with Crippen LogP contribution in [-0.2, 0) is 9.53 Å². The van der Waals surface area contributed by atoms with Gasteiger partial charge in [0.05, 0.1) is 6.61 Å². The summed E-state index contributed by atoms with van der Waals surface area (Å²) in [6, 6.07) is 7.03. The van der Waals surface area contributed by atoms with Crippen LogP contribution in [0, 0.1) is 6.92 Å². The molecule has 2 aliphatic rings. The Morgan fingerprint density at radius 3 is 2.64 bits per heavy atom. The van der Waals surface area contributed by atoms with E-state index >= 15 is 0 Å². The first-order chi connectivity index (χ1) is 12.1. The molecular weight excluding hydrogens is 316 g/mol. The summed E-state index contributed by atoms with van der Waals surface area (Å²) in [6.45, 7) is 4.86. The third-order valence-corrected chi connectivity index (χ3v) is 5.34. The zero-order valence-electron chi connectivity index (χ0n) is 15.2. The quantitative estimate of drug-likeness (QED) is 0.913. The van der Waals surface area contributed by atoms with E-state index in [1.807, 2.05) is 38.1 Å². The van der Waals surface area contributed by atoms with Crippen LogP contribution < -0.4 is 5.32 Å². The molecule has 0 bridgehead atoms. The van der Waals surface area contributed by atoms with Crippen molar-refractivity contribution in [1.29, 1.82) is 0 Å². The van der Waals surface area contributed by atoms with Crippen LogP contribution in [-0.4, -0.2) is 41.6 Å². The molecule has 1 atom stereocenters. The van der Waals surface area contributed by atoms with Gasteiger partial charge in [-0.25, -0.2) is 0 Å². The highest BCUT2D eigenvalue weighted by atomic mass is 16.5. The van der Waals surface area contributed by atoms with Crippen molar-refractivity contribution in [3.8, 4) is 0 Å². The Morgan fingerprint density at radius 1 is 1.24 bits per heavy atom. The van der Waals surface area contributed by atoms with Gasteiger partial charge in [-0.3, -0.25) is 14.5 Å². The van der Waals surface area contributed by atoms with Crippen molar-refractivity contribution in [2.24, 2.45) is 0 Å². The molecule has 0 radical (unpaired) electrons. The molecule has 5 nitrogen and oxygen atoms in total. The second-order valence-corrected chi connectivity index (χ2v) is 7.11. The zero-order chi connectivity index (χ0) is 17.9. The second-order valence-electron chi connectivity index (χ2n) is 7.11. The topological polar surface area (TPSA) is 58.6 Å². The smallest absolute Gasteiger partial charge is 0.257 e. The maximum Gasteiger partial charge on any atom is 0.257 e. The fraction of sp³-hybridized carbons (Fsp3) is 0.600. The highest BCUT2D eigenvalue weighted by molar-refractivity contribution is 5.99. The van der Waals surface area contributed by atoms with Crippen molar-refractivity contribution in [3.63, 3.8) is 0 Å². The number of carbonyl (C=O) groups excluding carboxylic acids is 2. The molecule has 1 aliphatic carbocycles. The summed E-state index contributed by atoms with van der Waals surface area (Å²) in [5, 5.41) is 2.93. The molecule has 1 unspecified atom stereocenters. The van der Waals surface area contributed by atoms with E-state index in [1.165, 1.54) is 0 Å². The van der Waals surface area contributed by atoms with Crippen molar-refractivity contribution >= 4 is 11.8 Å². The third kappa shape index (κ3) is 3.43. The van der Waals surface area contributed by atoms with Crippen LogP contribution >= 0.6 is 0 Å². The van der Waals surface area contributed by atoms with Gasteiger partial charge in [-0.1, -0.05) is 31.5 Å². The third-order valence-electron chi connectivity index (χ3n) is 5.34. The lowest BCUT2D eigenvalue weighted by atomic mass is 9.89. The summed E-state index contributed by atoms with van der Waals surface area (Å²) in [4.78, 5) is 27.8. The van der Waals surface area contributed by atoms with E-state index in [2.05, 4.69) is 5.32 Å². The Hall–Kier alpha value is -1.88. The van der Waals surface area contributed by atoms with E-state index in [9.17, 15) is 9.59 Å². The van der Waals surface area contributed by atoms with Gasteiger partial charge in [0.25, 0.3) is 5.91 Å². The SMILES string of the molecule is CCCNC(=O)C1COC2(CCCCC2)N1C(=O)c1ccccc1C. The molecule has 1 N–H and O–H groups in total. The Morgan fingerprint density at radius 2 is 1.96 bits per heavy atom. The molecule has 2 fully saturated rings. The van der Waals surface area contributed by atoms with E-state index in [0.29, 0.717) is 12.1 Å². The Kier molecular flexibility index (Phi) is 5.42. The lowest BCUT2D eigenvalue weighted by Gasteiger charge is -2.41. The Bertz CT molecular complexity index is 638. The summed E-state index contributed by atoms with van der Waals surface area (Å²) in [6.07, 6.45) is 5.70. The normalized spacial score (nSPS) is 22.2. The van der Waals surface area contributed by atoms with Gasteiger partial charge in [0.15, 0.2) is 0 Å². The standard InChI is InChI=1S/C20H28N2O3/c1-3-13-21-18(23)17-14-25-20(11-7-4-8-12-20)22(17)19(24)16-10-6-5-9-15(16)2/h5-6,9-10,17H,3-4,7-8,11-14H2,1-2H3,(H,21,23). The van der Waals surface area contributed by atoms with Gasteiger partial charge in [-0.05, 0) is 50.7 Å². The van der Waals surface area contributed by atoms with Crippen LogP contribution in [0.2, 0.25) is 0 Å². The highest BCUT2D eigenvalue weighted by Gasteiger charge is 2.53. The van der Waals surface area contributed by atoms with Crippen LogP contribution in [0.5, 0.6) is 0 Å². The Balaban J connectivity index is 1.93. The minimum Gasteiger partial charge on any atom is -0.354 e. The van der Waals surface area contributed by atoms with Gasteiger partial charge in [-0.2, -0.15) is 0 Å². The van der Waals surface area contributed by atoms with Crippen molar-refractivity contribution in [3.05, 3.63) is 35.4 Å². The largest absolute Gasteiger partial charge is 0.354 e. The molecule has 1 spiro atoms. The first kappa shape index (κ1) is 17.9. The van der Waals surface area contributed by atoms with Gasteiger partial charge in [-0.15, -0.1) is 0 Å². The highest BCUT2D eigenvalue weighted by Crippen LogP contribution is 2.41. The number of nitrogens with one attached hydrogen (secondary N) is 1. The number of amides is 2. The van der Waals surface area contributed by atoms with Gasteiger partial charge in [0, 0.05) is 12.1 Å². The fourth-order valence-corrected chi connectivity index (χ4v) is 3.98. The molecule has 1 heterocycles. The molecule has 5 heteroatoms. The molecule has 1 aromatic carbocycles. The lowest BCUT2D eigenvalue weighted by Crippen LogP contribution is -2.56. The van der Waals surface area contributed by atoms with Crippen LogP contribution in [0.4, 0.5) is 0 Å². The lowest BCUT2D eigenvalue weighted by molar-refractivity contribution is -0.127. The van der Waals surface area contributed by atoms with Crippen LogP contribution in [0.15, 0.2) is 24.3 Å². The molecule has 25 heavy (non-hydrogen) atoms. The summed E-state index contributed by atoms with van der Waals surface area (Å²) in [7, 11) is 0. The number of hydrogen-bond donors (Lipinski definition) is 1. The van der Waals surface area contributed by atoms with E-state index < -0.39 is 11.8 Å². The van der Waals surface area contributed by atoms with E-state index in [1.54, 1.807) is 4.90 Å². The summed E-state index contributed by atoms with van der Waals surface area (Å²) in [5.41, 5.74) is 0.968. The molecule has 1 saturated carbocycles. The van der Waals surface area contributed by atoms with Gasteiger partial charge in [0.2, 0.25) is 5.91 Å². The number of rotatable bonds is 4. The molecule has 2 amide bonds. The average Bonchev–Trinajstić information content (AvgIpc) is 2.98. The van der Waals surface area contributed by atoms with Crippen molar-refractivity contribution in [1.82, 2.24) is 10.2 Å². The summed E-state index contributed by atoms with van der Waals surface area (Å²) >= 11 is 0. The predicted octanol–water partition coefficient (Wildman–Crippen LogP) is 3.02. The molecule has 1 aliphatic heterocycles. The number of ether oxygens (including phenoxy) is 1. The van der Waals surface area contributed by atoms with Crippen molar-refractivity contribution < 1.29 is 14.3 Å². The van der Waals surface area contributed by atoms with Crippen LogP contribution in [0.3, 0.4) is 0 Å².